The largest absolute Gasteiger partial charge is 0.389 e. The number of benzene rings is 2. The predicted molar refractivity (Wildman–Crippen MR) is 166 cm³/mol. The minimum Gasteiger partial charge on any atom is -0.389 e. The fourth-order valence-electron chi connectivity index (χ4n) is 6.56. The second-order valence-electron chi connectivity index (χ2n) is 11.9. The van der Waals surface area contributed by atoms with E-state index in [0.717, 1.165) is 54.9 Å². The molecular formula is C33H39N5O4S. The summed E-state index contributed by atoms with van der Waals surface area (Å²) in [6.07, 6.45) is 4.37. The maximum atomic E-state index is 14.0. The molecule has 0 unspecified atom stereocenters. The van der Waals surface area contributed by atoms with Gasteiger partial charge in [0.05, 0.1) is 18.2 Å². The van der Waals surface area contributed by atoms with Crippen LogP contribution in [0.4, 0.5) is 5.69 Å². The van der Waals surface area contributed by atoms with Gasteiger partial charge in [0, 0.05) is 53.4 Å². The van der Waals surface area contributed by atoms with Crippen molar-refractivity contribution in [3.8, 4) is 0 Å². The molecule has 3 aliphatic rings. The number of thiazole rings is 1. The summed E-state index contributed by atoms with van der Waals surface area (Å²) in [5.74, 6) is -0.569. The number of aromatic nitrogens is 1. The smallest absolute Gasteiger partial charge is 0.254 e. The van der Waals surface area contributed by atoms with E-state index in [2.05, 4.69) is 15.6 Å². The number of amides is 3. The summed E-state index contributed by atoms with van der Waals surface area (Å²) in [6.45, 7) is 3.94. The molecule has 3 N–H and O–H groups in total. The first-order valence-corrected chi connectivity index (χ1v) is 16.2. The quantitative estimate of drug-likeness (QED) is 0.342. The van der Waals surface area contributed by atoms with Gasteiger partial charge in [0.1, 0.15) is 5.01 Å². The molecule has 9 nitrogen and oxygen atoms in total. The van der Waals surface area contributed by atoms with Crippen LogP contribution in [0.3, 0.4) is 0 Å². The van der Waals surface area contributed by atoms with Gasteiger partial charge in [-0.1, -0.05) is 30.3 Å². The molecule has 6 rings (SSSR count). The highest BCUT2D eigenvalue weighted by molar-refractivity contribution is 7.09. The number of likely N-dealkylation sites (tertiary alicyclic amines) is 1. The lowest BCUT2D eigenvalue weighted by Gasteiger charge is -2.29. The fourth-order valence-corrected chi connectivity index (χ4v) is 7.50. The first-order chi connectivity index (χ1) is 20.9. The van der Waals surface area contributed by atoms with Crippen molar-refractivity contribution in [1.82, 2.24) is 20.5 Å². The van der Waals surface area contributed by atoms with Gasteiger partial charge in [-0.15, -0.1) is 11.3 Å². The number of hydrogen-bond donors (Lipinski definition) is 3. The van der Waals surface area contributed by atoms with Gasteiger partial charge >= 0.3 is 0 Å². The Morgan fingerprint density at radius 1 is 1.09 bits per heavy atom. The Balaban J connectivity index is 1.30. The van der Waals surface area contributed by atoms with Crippen molar-refractivity contribution in [2.45, 2.75) is 76.1 Å². The summed E-state index contributed by atoms with van der Waals surface area (Å²) in [4.78, 5) is 48.8. The van der Waals surface area contributed by atoms with Gasteiger partial charge in [-0.3, -0.25) is 14.4 Å². The average molecular weight is 602 g/mol. The number of nitrogens with zero attached hydrogens (tertiary/aromatic N) is 3. The van der Waals surface area contributed by atoms with E-state index in [-0.39, 0.29) is 29.8 Å². The van der Waals surface area contributed by atoms with Crippen LogP contribution < -0.4 is 15.5 Å². The van der Waals surface area contributed by atoms with Crippen LogP contribution >= 0.6 is 11.3 Å². The molecule has 4 atom stereocenters. The molecule has 4 heterocycles. The van der Waals surface area contributed by atoms with Crippen molar-refractivity contribution in [2.24, 2.45) is 0 Å². The molecule has 3 aliphatic heterocycles. The Labute approximate surface area is 256 Å². The van der Waals surface area contributed by atoms with Crippen LogP contribution in [0.5, 0.6) is 0 Å². The van der Waals surface area contributed by atoms with Crippen molar-refractivity contribution in [3.63, 3.8) is 0 Å². The number of hydrogen-bond acceptors (Lipinski definition) is 7. The number of carbonyl (C=O) groups excluding carboxylic acids is 3. The number of aliphatic hydroxyl groups is 1. The highest BCUT2D eigenvalue weighted by Gasteiger charge is 2.35. The van der Waals surface area contributed by atoms with Crippen molar-refractivity contribution < 1.29 is 19.5 Å². The van der Waals surface area contributed by atoms with Crippen LogP contribution in [0.1, 0.15) is 81.5 Å². The van der Waals surface area contributed by atoms with Gasteiger partial charge in [-0.05, 0) is 75.8 Å². The fraction of sp³-hybridized carbons (Fsp3) is 0.455. The van der Waals surface area contributed by atoms with Gasteiger partial charge in [0.15, 0.2) is 0 Å². The summed E-state index contributed by atoms with van der Waals surface area (Å²) in [6, 6.07) is 14.1. The summed E-state index contributed by atoms with van der Waals surface area (Å²) < 4.78 is 0. The maximum Gasteiger partial charge on any atom is 0.254 e. The van der Waals surface area contributed by atoms with Crippen LogP contribution in [0.25, 0.3) is 0 Å². The molecule has 3 amide bonds. The van der Waals surface area contributed by atoms with E-state index in [9.17, 15) is 19.5 Å². The molecule has 1 aromatic heterocycles. The zero-order valence-electron chi connectivity index (χ0n) is 24.5. The van der Waals surface area contributed by atoms with E-state index in [1.807, 2.05) is 47.5 Å². The van der Waals surface area contributed by atoms with E-state index in [1.54, 1.807) is 34.4 Å². The van der Waals surface area contributed by atoms with Crippen molar-refractivity contribution in [2.75, 3.05) is 24.5 Å². The third-order valence-corrected chi connectivity index (χ3v) is 9.85. The molecule has 0 spiro atoms. The van der Waals surface area contributed by atoms with Crippen LogP contribution in [0, 0.1) is 6.92 Å². The standard InChI is InChI=1S/C33H39N5O4S/c1-21-20-43-32(35-21)28-11-6-15-38(28)33(42)24-17-23(18-25(19-24)37-14-7-12-29(37)39)31(41)36-27(16-22-8-3-2-4-9-22)30(40)26-10-5-13-34-26/h2-4,8-9,17-20,26-28,30,34,40H,5-7,10-16H2,1H3,(H,36,41)/t26-,27+,28+,30+/m0/s1. The first kappa shape index (κ1) is 29.5. The lowest BCUT2D eigenvalue weighted by molar-refractivity contribution is -0.117. The highest BCUT2D eigenvalue weighted by Crippen LogP contribution is 2.35. The molecule has 43 heavy (non-hydrogen) atoms. The Morgan fingerprint density at radius 2 is 1.91 bits per heavy atom. The minimum absolute atomic E-state index is 0.0158. The monoisotopic (exact) mass is 601 g/mol. The van der Waals surface area contributed by atoms with Crippen LogP contribution in [0.2, 0.25) is 0 Å². The molecule has 10 heteroatoms. The number of nitrogens with one attached hydrogen (secondary N) is 2. The number of aryl methyl sites for hydroxylation is 1. The van der Waals surface area contributed by atoms with E-state index < -0.39 is 12.1 Å². The van der Waals surface area contributed by atoms with E-state index in [0.29, 0.717) is 42.7 Å². The zero-order valence-corrected chi connectivity index (χ0v) is 25.3. The third kappa shape index (κ3) is 6.51. The lowest BCUT2D eigenvalue weighted by Crippen LogP contribution is -2.52. The normalized spacial score (nSPS) is 21.8. The Morgan fingerprint density at radius 3 is 2.60 bits per heavy atom. The molecule has 2 aromatic carbocycles. The van der Waals surface area contributed by atoms with Gasteiger partial charge in [0.25, 0.3) is 11.8 Å². The van der Waals surface area contributed by atoms with E-state index >= 15 is 0 Å². The van der Waals surface area contributed by atoms with Crippen LogP contribution in [-0.2, 0) is 11.2 Å². The van der Waals surface area contributed by atoms with E-state index in [1.165, 1.54) is 0 Å². The Kier molecular flexibility index (Phi) is 8.88. The summed E-state index contributed by atoms with van der Waals surface area (Å²) in [5.41, 5.74) is 3.17. The second-order valence-corrected chi connectivity index (χ2v) is 12.8. The SMILES string of the molecule is Cc1csc([C@H]2CCCN2C(=O)c2cc(C(=O)N[C@H](Cc3ccccc3)[C@H](O)[C@@H]3CCCN3)cc(N3CCCC3=O)c2)n1. The van der Waals surface area contributed by atoms with E-state index in [4.69, 9.17) is 0 Å². The molecular weight excluding hydrogens is 562 g/mol. The minimum atomic E-state index is -0.789. The topological polar surface area (TPSA) is 115 Å². The second kappa shape index (κ2) is 13.0. The average Bonchev–Trinajstić information content (AvgIpc) is 3.84. The third-order valence-electron chi connectivity index (χ3n) is 8.79. The van der Waals surface area contributed by atoms with Gasteiger partial charge in [-0.2, -0.15) is 0 Å². The van der Waals surface area contributed by atoms with Gasteiger partial charge < -0.3 is 25.5 Å². The maximum absolute atomic E-state index is 14.0. The number of rotatable bonds is 9. The summed E-state index contributed by atoms with van der Waals surface area (Å²) in [7, 11) is 0. The number of anilines is 1. The first-order valence-electron chi connectivity index (χ1n) is 15.3. The van der Waals surface area contributed by atoms with Crippen LogP contribution in [-0.4, -0.2) is 70.5 Å². The summed E-state index contributed by atoms with van der Waals surface area (Å²) in [5, 5.41) is 20.7. The highest BCUT2D eigenvalue weighted by atomic mass is 32.1. The van der Waals surface area contributed by atoms with Crippen LogP contribution in [0.15, 0.2) is 53.9 Å². The Bertz CT molecular complexity index is 1470. The van der Waals surface area contributed by atoms with Crippen molar-refractivity contribution in [1.29, 1.82) is 0 Å². The molecule has 0 aliphatic carbocycles. The number of carbonyl (C=O) groups is 3. The number of aliphatic hydroxyl groups excluding tert-OH is 1. The molecule has 0 radical (unpaired) electrons. The van der Waals surface area contributed by atoms with Gasteiger partial charge in [-0.25, -0.2) is 4.98 Å². The van der Waals surface area contributed by atoms with Crippen molar-refractivity contribution >= 4 is 34.7 Å². The molecule has 3 fully saturated rings. The molecule has 3 aromatic rings. The Hall–Kier alpha value is -3.60. The zero-order chi connectivity index (χ0) is 29.9. The molecule has 3 saturated heterocycles. The predicted octanol–water partition coefficient (Wildman–Crippen LogP) is 4.01. The molecule has 0 saturated carbocycles. The molecule has 0 bridgehead atoms. The molecule has 226 valence electrons. The van der Waals surface area contributed by atoms with Gasteiger partial charge in [0.2, 0.25) is 5.91 Å². The summed E-state index contributed by atoms with van der Waals surface area (Å²) >= 11 is 1.56. The lowest BCUT2D eigenvalue weighted by atomic mass is 9.95. The van der Waals surface area contributed by atoms with Crippen molar-refractivity contribution in [3.05, 3.63) is 81.3 Å².